The van der Waals surface area contributed by atoms with Gasteiger partial charge >= 0.3 is 6.03 Å². The van der Waals surface area contributed by atoms with Gasteiger partial charge < -0.3 is 20.3 Å². The predicted molar refractivity (Wildman–Crippen MR) is 122 cm³/mol. The van der Waals surface area contributed by atoms with Crippen LogP contribution in [0.4, 0.5) is 16.2 Å². The summed E-state index contributed by atoms with van der Waals surface area (Å²) in [6.07, 6.45) is 0.374. The van der Waals surface area contributed by atoms with Crippen LogP contribution in [-0.4, -0.2) is 57.6 Å². The second kappa shape index (κ2) is 9.98. The van der Waals surface area contributed by atoms with E-state index in [2.05, 4.69) is 34.1 Å². The summed E-state index contributed by atoms with van der Waals surface area (Å²) in [7, 11) is -3.39. The highest BCUT2D eigenvalue weighted by Crippen LogP contribution is 2.22. The number of urea groups is 1. The molecule has 1 aromatic carbocycles. The third-order valence-electron chi connectivity index (χ3n) is 4.95. The molecule has 0 spiro atoms. The van der Waals surface area contributed by atoms with Crippen molar-refractivity contribution in [3.63, 3.8) is 0 Å². The molecule has 1 fully saturated rings. The van der Waals surface area contributed by atoms with Crippen LogP contribution in [0.25, 0.3) is 0 Å². The topological polar surface area (TPSA) is 99.8 Å². The molecule has 1 heterocycles. The standard InChI is InChI=1S/C21H36N4O4S/c1-15(12-23-30(27,28)21(4,5)6)11-22-20(26)24-18-7-9-19(10-8-18)25-13-16(2)29-17(3)14-25/h7-10,15-17,23H,11-14H2,1-6H3,(H2,22,24,26)/t15?,16-,17+. The van der Waals surface area contributed by atoms with Gasteiger partial charge in [-0.3, -0.25) is 0 Å². The van der Waals surface area contributed by atoms with E-state index in [-0.39, 0.29) is 30.7 Å². The van der Waals surface area contributed by atoms with Gasteiger partial charge in [-0.25, -0.2) is 17.9 Å². The minimum absolute atomic E-state index is 0.0412. The Bertz CT molecular complexity index is 795. The van der Waals surface area contributed by atoms with Gasteiger partial charge in [0.15, 0.2) is 0 Å². The van der Waals surface area contributed by atoms with Crippen LogP contribution in [0.2, 0.25) is 0 Å². The fourth-order valence-electron chi connectivity index (χ4n) is 3.13. The Labute approximate surface area is 180 Å². The zero-order chi connectivity index (χ0) is 22.5. The van der Waals surface area contributed by atoms with Gasteiger partial charge in [0.1, 0.15) is 0 Å². The van der Waals surface area contributed by atoms with Crippen molar-refractivity contribution in [1.29, 1.82) is 0 Å². The summed E-state index contributed by atoms with van der Waals surface area (Å²) in [6.45, 7) is 13.3. The maximum atomic E-state index is 12.2. The number of carbonyl (C=O) groups is 1. The molecule has 0 saturated carbocycles. The Kier molecular flexibility index (Phi) is 8.13. The number of nitrogens with zero attached hydrogens (tertiary/aromatic N) is 1. The molecule has 1 saturated heterocycles. The molecule has 3 atom stereocenters. The number of ether oxygens (including phenoxy) is 1. The van der Waals surface area contributed by atoms with E-state index >= 15 is 0 Å². The zero-order valence-corrected chi connectivity index (χ0v) is 19.7. The molecule has 2 rings (SSSR count). The Hall–Kier alpha value is -1.84. The Balaban J connectivity index is 1.78. The highest BCUT2D eigenvalue weighted by atomic mass is 32.2. The largest absolute Gasteiger partial charge is 0.372 e. The van der Waals surface area contributed by atoms with E-state index in [9.17, 15) is 13.2 Å². The Morgan fingerprint density at radius 2 is 1.70 bits per heavy atom. The molecule has 1 aliphatic rings. The second-order valence-corrected chi connectivity index (χ2v) is 11.6. The van der Waals surface area contributed by atoms with E-state index < -0.39 is 14.8 Å². The molecule has 1 aromatic rings. The first-order valence-corrected chi connectivity index (χ1v) is 11.9. The molecule has 1 aliphatic heterocycles. The summed E-state index contributed by atoms with van der Waals surface area (Å²) in [6, 6.07) is 7.41. The normalized spacial score (nSPS) is 21.2. The first-order valence-electron chi connectivity index (χ1n) is 10.4. The molecule has 2 amide bonds. The first-order chi connectivity index (χ1) is 13.9. The number of sulfonamides is 1. The van der Waals surface area contributed by atoms with E-state index in [1.165, 1.54) is 0 Å². The quantitative estimate of drug-likeness (QED) is 0.605. The number of rotatable bonds is 7. The first kappa shape index (κ1) is 24.4. The molecule has 0 aliphatic carbocycles. The zero-order valence-electron chi connectivity index (χ0n) is 18.9. The SMILES string of the molecule is CC(CNC(=O)Nc1ccc(N2C[C@@H](C)O[C@@H](C)C2)cc1)CNS(=O)(=O)C(C)(C)C. The third kappa shape index (κ3) is 7.14. The molecule has 30 heavy (non-hydrogen) atoms. The van der Waals surface area contributed by atoms with Crippen molar-refractivity contribution >= 4 is 27.4 Å². The highest BCUT2D eigenvalue weighted by Gasteiger charge is 2.28. The lowest BCUT2D eigenvalue weighted by Gasteiger charge is -2.36. The smallest absolute Gasteiger partial charge is 0.319 e. The van der Waals surface area contributed by atoms with E-state index in [4.69, 9.17) is 4.74 Å². The molecule has 0 bridgehead atoms. The van der Waals surface area contributed by atoms with Crippen LogP contribution < -0.4 is 20.3 Å². The minimum Gasteiger partial charge on any atom is -0.372 e. The van der Waals surface area contributed by atoms with Crippen molar-refractivity contribution in [2.24, 2.45) is 5.92 Å². The molecule has 9 heteroatoms. The van der Waals surface area contributed by atoms with Crippen LogP contribution in [0.5, 0.6) is 0 Å². The molecule has 170 valence electrons. The number of hydrogen-bond acceptors (Lipinski definition) is 5. The number of hydrogen-bond donors (Lipinski definition) is 3. The van der Waals surface area contributed by atoms with Gasteiger partial charge in [-0.15, -0.1) is 0 Å². The van der Waals surface area contributed by atoms with E-state index in [1.807, 2.05) is 31.2 Å². The molecule has 8 nitrogen and oxygen atoms in total. The van der Waals surface area contributed by atoms with Gasteiger partial charge in [0.2, 0.25) is 10.0 Å². The molecule has 3 N–H and O–H groups in total. The summed E-state index contributed by atoms with van der Waals surface area (Å²) in [5.74, 6) is -0.0412. The lowest BCUT2D eigenvalue weighted by molar-refractivity contribution is -0.00521. The lowest BCUT2D eigenvalue weighted by Crippen LogP contribution is -2.45. The fraction of sp³-hybridized carbons (Fsp3) is 0.667. The number of nitrogens with one attached hydrogen (secondary N) is 3. The summed E-state index contributed by atoms with van der Waals surface area (Å²) in [4.78, 5) is 14.4. The molecule has 0 aromatic heterocycles. The van der Waals surface area contributed by atoms with Crippen molar-refractivity contribution in [2.75, 3.05) is 36.4 Å². The van der Waals surface area contributed by atoms with E-state index in [0.29, 0.717) is 12.2 Å². The third-order valence-corrected chi connectivity index (χ3v) is 7.11. The van der Waals surface area contributed by atoms with Gasteiger partial charge in [0.05, 0.1) is 17.0 Å². The average Bonchev–Trinajstić information content (AvgIpc) is 2.63. The van der Waals surface area contributed by atoms with Gasteiger partial charge in [-0.05, 0) is 64.8 Å². The lowest BCUT2D eigenvalue weighted by atomic mass is 10.2. The molecule has 1 unspecified atom stereocenters. The van der Waals surface area contributed by atoms with Crippen LogP contribution in [0.1, 0.15) is 41.5 Å². The monoisotopic (exact) mass is 440 g/mol. The summed E-state index contributed by atoms with van der Waals surface area (Å²) in [5, 5.41) is 5.59. The van der Waals surface area contributed by atoms with Crippen molar-refractivity contribution in [2.45, 2.75) is 58.5 Å². The highest BCUT2D eigenvalue weighted by molar-refractivity contribution is 7.90. The van der Waals surface area contributed by atoms with Crippen LogP contribution in [0, 0.1) is 5.92 Å². The predicted octanol–water partition coefficient (Wildman–Crippen LogP) is 2.78. The maximum absolute atomic E-state index is 12.2. The summed E-state index contributed by atoms with van der Waals surface area (Å²) >= 11 is 0. The summed E-state index contributed by atoms with van der Waals surface area (Å²) < 4.78 is 31.7. The molecular formula is C21H36N4O4S. The molecular weight excluding hydrogens is 404 g/mol. The number of benzene rings is 1. The van der Waals surface area contributed by atoms with Crippen LogP contribution in [0.15, 0.2) is 24.3 Å². The van der Waals surface area contributed by atoms with Crippen LogP contribution in [-0.2, 0) is 14.8 Å². The van der Waals surface area contributed by atoms with E-state index in [0.717, 1.165) is 18.8 Å². The Morgan fingerprint density at radius 3 is 2.23 bits per heavy atom. The number of morpholine rings is 1. The van der Waals surface area contributed by atoms with Crippen molar-refractivity contribution in [3.8, 4) is 0 Å². The van der Waals surface area contributed by atoms with Crippen molar-refractivity contribution < 1.29 is 17.9 Å². The number of amides is 2. The minimum atomic E-state index is -3.39. The average molecular weight is 441 g/mol. The van der Waals surface area contributed by atoms with Crippen LogP contribution >= 0.6 is 0 Å². The second-order valence-electron chi connectivity index (χ2n) is 9.11. The number of anilines is 2. The van der Waals surface area contributed by atoms with Gasteiger partial charge in [0, 0.05) is 37.6 Å². The van der Waals surface area contributed by atoms with Gasteiger partial charge in [0.25, 0.3) is 0 Å². The summed E-state index contributed by atoms with van der Waals surface area (Å²) in [5.41, 5.74) is 1.80. The van der Waals surface area contributed by atoms with Gasteiger partial charge in [-0.1, -0.05) is 6.92 Å². The number of carbonyl (C=O) groups excluding carboxylic acids is 1. The molecule has 0 radical (unpaired) electrons. The maximum Gasteiger partial charge on any atom is 0.319 e. The Morgan fingerprint density at radius 1 is 1.13 bits per heavy atom. The van der Waals surface area contributed by atoms with Crippen LogP contribution in [0.3, 0.4) is 0 Å². The van der Waals surface area contributed by atoms with Gasteiger partial charge in [-0.2, -0.15) is 0 Å². The van der Waals surface area contributed by atoms with Crippen molar-refractivity contribution in [3.05, 3.63) is 24.3 Å². The van der Waals surface area contributed by atoms with Crippen molar-refractivity contribution in [1.82, 2.24) is 10.0 Å². The fourth-order valence-corrected chi connectivity index (χ4v) is 4.06. The van der Waals surface area contributed by atoms with E-state index in [1.54, 1.807) is 20.8 Å².